The molecule has 12 nitrogen and oxygen atoms in total. The topological polar surface area (TPSA) is 167 Å². The zero-order valence-corrected chi connectivity index (χ0v) is 23.9. The van der Waals surface area contributed by atoms with Crippen molar-refractivity contribution in [2.24, 2.45) is 10.1 Å². The highest BCUT2D eigenvalue weighted by Gasteiger charge is 2.32. The summed E-state index contributed by atoms with van der Waals surface area (Å²) in [5, 5.41) is 5.24. The summed E-state index contributed by atoms with van der Waals surface area (Å²) in [5.74, 6) is -1.24. The number of rotatable bonds is 7. The van der Waals surface area contributed by atoms with E-state index in [1.165, 1.54) is 51.3 Å². The van der Waals surface area contributed by atoms with Crippen LogP contribution >= 0.6 is 11.3 Å². The summed E-state index contributed by atoms with van der Waals surface area (Å²) in [4.78, 5) is 29.5. The van der Waals surface area contributed by atoms with Crippen molar-refractivity contribution in [3.63, 3.8) is 0 Å². The number of ether oxygens (including phenoxy) is 2. The van der Waals surface area contributed by atoms with Gasteiger partial charge in [0.2, 0.25) is 20.0 Å². The predicted molar refractivity (Wildman–Crippen MR) is 143 cm³/mol. The number of benzene rings is 2. The Bertz CT molecular complexity index is 1680. The maximum absolute atomic E-state index is 13.1. The summed E-state index contributed by atoms with van der Waals surface area (Å²) in [7, 11) is -7.77. The number of morpholine rings is 1. The molecule has 1 fully saturated rings. The monoisotopic (exact) mass is 596 g/mol. The van der Waals surface area contributed by atoms with Crippen LogP contribution in [0.1, 0.15) is 31.1 Å². The molecule has 39 heavy (non-hydrogen) atoms. The van der Waals surface area contributed by atoms with Gasteiger partial charge in [-0.2, -0.15) is 9.30 Å². The number of nitrogens with two attached hydrogens (primary N) is 1. The highest BCUT2D eigenvalue weighted by atomic mass is 32.2. The molecule has 3 aromatic rings. The first-order chi connectivity index (χ1) is 18.3. The lowest BCUT2D eigenvalue weighted by Gasteiger charge is -2.34. The maximum atomic E-state index is 13.1. The minimum Gasteiger partial charge on any atom is -0.465 e. The minimum absolute atomic E-state index is 0.0371. The van der Waals surface area contributed by atoms with Crippen molar-refractivity contribution in [1.82, 2.24) is 8.87 Å². The van der Waals surface area contributed by atoms with Gasteiger partial charge >= 0.3 is 5.97 Å². The van der Waals surface area contributed by atoms with Gasteiger partial charge in [-0.1, -0.05) is 11.3 Å². The molecule has 210 valence electrons. The molecule has 1 aliphatic rings. The smallest absolute Gasteiger partial charge is 0.326 e. The first kappa shape index (κ1) is 29.0. The first-order valence-electron chi connectivity index (χ1n) is 12.0. The zero-order valence-electron chi connectivity index (χ0n) is 21.4. The molecule has 0 radical (unpaired) electrons. The van der Waals surface area contributed by atoms with Crippen LogP contribution in [0.3, 0.4) is 0 Å². The van der Waals surface area contributed by atoms with Gasteiger partial charge in [-0.25, -0.2) is 22.0 Å². The van der Waals surface area contributed by atoms with E-state index < -0.39 is 31.9 Å². The number of carbonyl (C=O) groups is 2. The van der Waals surface area contributed by atoms with E-state index in [-0.39, 0.29) is 58.6 Å². The number of thiazole rings is 1. The highest BCUT2D eigenvalue weighted by molar-refractivity contribution is 7.89. The van der Waals surface area contributed by atoms with Crippen LogP contribution in [0.5, 0.6) is 0 Å². The van der Waals surface area contributed by atoms with Crippen LogP contribution in [0.15, 0.2) is 57.2 Å². The Kier molecular flexibility index (Phi) is 8.39. The van der Waals surface area contributed by atoms with Crippen LogP contribution < -0.4 is 9.94 Å². The van der Waals surface area contributed by atoms with Gasteiger partial charge in [-0.05, 0) is 63.2 Å². The van der Waals surface area contributed by atoms with E-state index in [1.807, 2.05) is 0 Å². The number of hydrogen-bond acceptors (Lipinski definition) is 9. The van der Waals surface area contributed by atoms with Gasteiger partial charge in [-0.15, -0.1) is 0 Å². The van der Waals surface area contributed by atoms with Crippen LogP contribution in [-0.4, -0.2) is 69.5 Å². The standard InChI is InChI=1S/C24H28N4O8S3/c1-4-35-22(29)14-28-20-10-9-19(38(25,31)32)11-21(20)37-24(28)26-23(30)17-5-7-18(8-6-17)39(33,34)27-12-15(2)36-16(3)13-27/h5-11,15-16H,4,12-14H2,1-3H3,(H2,25,31,32)/t15-,16-/m0/s1. The lowest BCUT2D eigenvalue weighted by atomic mass is 10.2. The van der Waals surface area contributed by atoms with E-state index in [9.17, 15) is 26.4 Å². The molecule has 2 atom stereocenters. The maximum Gasteiger partial charge on any atom is 0.326 e. The van der Waals surface area contributed by atoms with Gasteiger partial charge in [0.15, 0.2) is 4.80 Å². The summed E-state index contributed by atoms with van der Waals surface area (Å²) in [5.41, 5.74) is 0.588. The number of fused-ring (bicyclic) bond motifs is 1. The Balaban J connectivity index is 1.69. The van der Waals surface area contributed by atoms with Crippen molar-refractivity contribution in [3.05, 3.63) is 52.8 Å². The Morgan fingerprint density at radius 3 is 2.26 bits per heavy atom. The molecular formula is C24H28N4O8S3. The van der Waals surface area contributed by atoms with Crippen LogP contribution in [0.4, 0.5) is 0 Å². The number of primary sulfonamides is 1. The fourth-order valence-corrected chi connectivity index (χ4v) is 7.47. The zero-order chi connectivity index (χ0) is 28.5. The third kappa shape index (κ3) is 6.45. The van der Waals surface area contributed by atoms with Gasteiger partial charge in [0.05, 0.1) is 38.8 Å². The number of hydrogen-bond donors (Lipinski definition) is 1. The van der Waals surface area contributed by atoms with Crippen molar-refractivity contribution in [2.75, 3.05) is 19.7 Å². The number of amides is 1. The fourth-order valence-electron chi connectivity index (χ4n) is 4.20. The quantitative estimate of drug-likeness (QED) is 0.400. The molecule has 0 unspecified atom stereocenters. The molecule has 0 saturated carbocycles. The average molecular weight is 597 g/mol. The number of carbonyl (C=O) groups excluding carboxylic acids is 2. The fraction of sp³-hybridized carbons (Fsp3) is 0.375. The van der Waals surface area contributed by atoms with Crippen LogP contribution in [0.25, 0.3) is 10.2 Å². The minimum atomic E-state index is -3.98. The van der Waals surface area contributed by atoms with Crippen LogP contribution in [0, 0.1) is 0 Å². The number of nitrogens with zero attached hydrogens (tertiary/aromatic N) is 3. The normalized spacial score (nSPS) is 19.3. The average Bonchev–Trinajstić information content (AvgIpc) is 3.19. The Labute approximate surface area is 229 Å². The van der Waals surface area contributed by atoms with Crippen LogP contribution in [-0.2, 0) is 40.9 Å². The van der Waals surface area contributed by atoms with Gasteiger partial charge in [0.25, 0.3) is 5.91 Å². The second kappa shape index (κ2) is 11.3. The van der Waals surface area contributed by atoms with Gasteiger partial charge < -0.3 is 14.0 Å². The molecule has 0 spiro atoms. The van der Waals surface area contributed by atoms with E-state index >= 15 is 0 Å². The van der Waals surface area contributed by atoms with Gasteiger partial charge in [-0.3, -0.25) is 9.59 Å². The number of esters is 1. The predicted octanol–water partition coefficient (Wildman–Crippen LogP) is 1.45. The third-order valence-electron chi connectivity index (χ3n) is 5.90. The summed E-state index contributed by atoms with van der Waals surface area (Å²) in [6.45, 7) is 5.61. The Morgan fingerprint density at radius 1 is 1.05 bits per heavy atom. The van der Waals surface area contributed by atoms with E-state index in [2.05, 4.69) is 4.99 Å². The van der Waals surface area contributed by atoms with E-state index in [4.69, 9.17) is 14.6 Å². The number of aromatic nitrogens is 1. The molecule has 2 N–H and O–H groups in total. The largest absolute Gasteiger partial charge is 0.465 e. The summed E-state index contributed by atoms with van der Waals surface area (Å²) in [6, 6.07) is 9.54. The Morgan fingerprint density at radius 2 is 1.67 bits per heavy atom. The van der Waals surface area contributed by atoms with E-state index in [0.717, 1.165) is 11.3 Å². The lowest BCUT2D eigenvalue weighted by Crippen LogP contribution is -2.48. The second-order valence-electron chi connectivity index (χ2n) is 8.97. The molecule has 0 aliphatic carbocycles. The first-order valence-corrected chi connectivity index (χ1v) is 15.8. The van der Waals surface area contributed by atoms with E-state index in [0.29, 0.717) is 10.2 Å². The van der Waals surface area contributed by atoms with E-state index in [1.54, 1.807) is 20.8 Å². The second-order valence-corrected chi connectivity index (χ2v) is 13.5. The molecule has 15 heteroatoms. The van der Waals surface area contributed by atoms with Crippen LogP contribution in [0.2, 0.25) is 0 Å². The van der Waals surface area contributed by atoms with Crippen molar-refractivity contribution in [2.45, 2.75) is 49.3 Å². The SMILES string of the molecule is CCOC(=O)Cn1c(=NC(=O)c2ccc(S(=O)(=O)N3C[C@H](C)O[C@@H](C)C3)cc2)sc2cc(S(N)(=O)=O)ccc21. The summed E-state index contributed by atoms with van der Waals surface area (Å²) >= 11 is 0.997. The van der Waals surface area contributed by atoms with Gasteiger partial charge in [0.1, 0.15) is 6.54 Å². The molecule has 1 aliphatic heterocycles. The number of sulfonamides is 2. The molecule has 4 rings (SSSR count). The molecule has 0 bridgehead atoms. The van der Waals surface area contributed by atoms with Crippen molar-refractivity contribution >= 4 is 53.5 Å². The van der Waals surface area contributed by atoms with Crippen molar-refractivity contribution in [3.8, 4) is 0 Å². The van der Waals surface area contributed by atoms with Gasteiger partial charge in [0, 0.05) is 18.7 Å². The molecule has 1 amide bonds. The molecule has 2 heterocycles. The van der Waals surface area contributed by atoms with Crippen molar-refractivity contribution in [1.29, 1.82) is 0 Å². The Hall–Kier alpha value is -2.95. The summed E-state index contributed by atoms with van der Waals surface area (Å²) in [6.07, 6.45) is -0.487. The van der Waals surface area contributed by atoms with Crippen molar-refractivity contribution < 1.29 is 35.9 Å². The molecule has 2 aromatic carbocycles. The third-order valence-corrected chi connectivity index (χ3v) is 9.70. The lowest BCUT2D eigenvalue weighted by molar-refractivity contribution is -0.143. The molecule has 1 aromatic heterocycles. The highest BCUT2D eigenvalue weighted by Crippen LogP contribution is 2.23. The summed E-state index contributed by atoms with van der Waals surface area (Å²) < 4.78 is 63.7. The molecule has 1 saturated heterocycles. The molecular weight excluding hydrogens is 568 g/mol.